The summed E-state index contributed by atoms with van der Waals surface area (Å²) in [5.41, 5.74) is 1.31. The second kappa shape index (κ2) is 6.29. The van der Waals surface area contributed by atoms with E-state index in [1.807, 2.05) is 11.0 Å². The summed E-state index contributed by atoms with van der Waals surface area (Å²) >= 11 is 0. The topological polar surface area (TPSA) is 40.5 Å². The van der Waals surface area contributed by atoms with E-state index in [0.29, 0.717) is 17.0 Å². The number of phenolic OH excluding ortho intramolecular Hbond substituents is 1. The van der Waals surface area contributed by atoms with Gasteiger partial charge < -0.3 is 10.0 Å². The van der Waals surface area contributed by atoms with Gasteiger partial charge in [0.2, 0.25) is 0 Å². The lowest BCUT2D eigenvalue weighted by Crippen LogP contribution is -2.32. The Balaban J connectivity index is 2.11. The Bertz CT molecular complexity index is 482. The normalized spacial score (nSPS) is 20.0. The summed E-state index contributed by atoms with van der Waals surface area (Å²) in [6.45, 7) is 7.99. The van der Waals surface area contributed by atoms with Gasteiger partial charge in [-0.3, -0.25) is 4.79 Å². The van der Waals surface area contributed by atoms with Gasteiger partial charge in [-0.15, -0.1) is 0 Å². The average Bonchev–Trinajstić information content (AvgIpc) is 2.67. The summed E-state index contributed by atoms with van der Waals surface area (Å²) in [5.74, 6) is 1.67. The first-order valence-electron chi connectivity index (χ1n) is 7.58. The lowest BCUT2D eigenvalue weighted by Gasteiger charge is -2.22. The number of nitrogens with zero attached hydrogens (tertiary/aromatic N) is 1. The number of carbonyl (C=O) groups excluding carboxylic acids is 1. The number of hydrogen-bond acceptors (Lipinski definition) is 2. The Kier molecular flexibility index (Phi) is 4.69. The van der Waals surface area contributed by atoms with Crippen LogP contribution in [0, 0.1) is 18.8 Å². The van der Waals surface area contributed by atoms with Crippen molar-refractivity contribution in [2.45, 2.75) is 40.0 Å². The molecule has 1 heterocycles. The first kappa shape index (κ1) is 14.9. The SMILES string of the molecule is Cc1c(O)cccc1C(=O)N1CCCC(C(C)C)CC1. The number of likely N-dealkylation sites (tertiary alicyclic amines) is 1. The Hall–Kier alpha value is -1.51. The Morgan fingerprint density at radius 2 is 2.05 bits per heavy atom. The molecular formula is C17H25NO2. The van der Waals surface area contributed by atoms with Crippen molar-refractivity contribution in [3.63, 3.8) is 0 Å². The second-order valence-corrected chi connectivity index (χ2v) is 6.18. The molecule has 1 aromatic carbocycles. The summed E-state index contributed by atoms with van der Waals surface area (Å²) in [5, 5.41) is 9.75. The minimum absolute atomic E-state index is 0.0582. The van der Waals surface area contributed by atoms with Crippen LogP contribution >= 0.6 is 0 Å². The van der Waals surface area contributed by atoms with Crippen molar-refractivity contribution in [2.24, 2.45) is 11.8 Å². The summed E-state index contributed by atoms with van der Waals surface area (Å²) in [7, 11) is 0. The van der Waals surface area contributed by atoms with Crippen LogP contribution in [0.15, 0.2) is 18.2 Å². The molecular weight excluding hydrogens is 250 g/mol. The molecule has 3 nitrogen and oxygen atoms in total. The molecule has 20 heavy (non-hydrogen) atoms. The highest BCUT2D eigenvalue weighted by Gasteiger charge is 2.24. The highest BCUT2D eigenvalue weighted by atomic mass is 16.3. The fourth-order valence-electron chi connectivity index (χ4n) is 3.02. The molecule has 1 amide bonds. The van der Waals surface area contributed by atoms with Crippen molar-refractivity contribution in [1.82, 2.24) is 4.90 Å². The minimum atomic E-state index is 0.0582. The van der Waals surface area contributed by atoms with Crippen molar-refractivity contribution in [1.29, 1.82) is 0 Å². The molecule has 0 spiro atoms. The predicted octanol–water partition coefficient (Wildman–Crippen LogP) is 3.60. The van der Waals surface area contributed by atoms with E-state index in [2.05, 4.69) is 13.8 Å². The van der Waals surface area contributed by atoms with Crippen LogP contribution in [0.2, 0.25) is 0 Å². The van der Waals surface area contributed by atoms with Crippen LogP contribution in [-0.4, -0.2) is 29.0 Å². The smallest absolute Gasteiger partial charge is 0.254 e. The third-order valence-corrected chi connectivity index (χ3v) is 4.54. The lowest BCUT2D eigenvalue weighted by atomic mass is 9.89. The minimum Gasteiger partial charge on any atom is -0.508 e. The van der Waals surface area contributed by atoms with E-state index in [9.17, 15) is 9.90 Å². The number of rotatable bonds is 2. The number of amides is 1. The number of carbonyl (C=O) groups is 1. The molecule has 1 N–H and O–H groups in total. The molecule has 1 unspecified atom stereocenters. The van der Waals surface area contributed by atoms with E-state index >= 15 is 0 Å². The number of benzene rings is 1. The van der Waals surface area contributed by atoms with Gasteiger partial charge in [0.1, 0.15) is 5.75 Å². The van der Waals surface area contributed by atoms with Crippen molar-refractivity contribution < 1.29 is 9.90 Å². The van der Waals surface area contributed by atoms with Gasteiger partial charge in [0.15, 0.2) is 0 Å². The van der Waals surface area contributed by atoms with Gasteiger partial charge in [-0.05, 0) is 50.2 Å². The van der Waals surface area contributed by atoms with Crippen LogP contribution in [0.5, 0.6) is 5.75 Å². The zero-order valence-electron chi connectivity index (χ0n) is 12.7. The number of phenols is 1. The molecule has 0 aromatic heterocycles. The highest BCUT2D eigenvalue weighted by Crippen LogP contribution is 2.26. The van der Waals surface area contributed by atoms with Crippen molar-refractivity contribution >= 4 is 5.91 Å². The van der Waals surface area contributed by atoms with Crippen LogP contribution in [0.25, 0.3) is 0 Å². The van der Waals surface area contributed by atoms with Gasteiger partial charge in [-0.2, -0.15) is 0 Å². The van der Waals surface area contributed by atoms with Gasteiger partial charge in [-0.1, -0.05) is 19.9 Å². The molecule has 1 aliphatic heterocycles. The standard InChI is InChI=1S/C17H25NO2/c1-12(2)14-6-5-10-18(11-9-14)17(20)15-7-4-8-16(19)13(15)3/h4,7-8,12,14,19H,5-6,9-11H2,1-3H3. The quantitative estimate of drug-likeness (QED) is 0.896. The van der Waals surface area contributed by atoms with E-state index < -0.39 is 0 Å². The molecule has 1 aromatic rings. The number of hydrogen-bond donors (Lipinski definition) is 1. The molecule has 1 aliphatic rings. The molecule has 1 atom stereocenters. The lowest BCUT2D eigenvalue weighted by molar-refractivity contribution is 0.0757. The summed E-state index contributed by atoms with van der Waals surface area (Å²) in [6, 6.07) is 5.18. The molecule has 110 valence electrons. The van der Waals surface area contributed by atoms with Gasteiger partial charge in [0.05, 0.1) is 0 Å². The Morgan fingerprint density at radius 3 is 2.75 bits per heavy atom. The summed E-state index contributed by atoms with van der Waals surface area (Å²) < 4.78 is 0. The van der Waals surface area contributed by atoms with E-state index in [4.69, 9.17) is 0 Å². The van der Waals surface area contributed by atoms with Crippen molar-refractivity contribution in [3.8, 4) is 5.75 Å². The molecule has 0 aliphatic carbocycles. The monoisotopic (exact) mass is 275 g/mol. The fraction of sp³-hybridized carbons (Fsp3) is 0.588. The van der Waals surface area contributed by atoms with Crippen LogP contribution < -0.4 is 0 Å². The molecule has 0 saturated carbocycles. The van der Waals surface area contributed by atoms with Crippen LogP contribution in [0.4, 0.5) is 0 Å². The maximum absolute atomic E-state index is 12.6. The molecule has 3 heteroatoms. The predicted molar refractivity (Wildman–Crippen MR) is 80.9 cm³/mol. The summed E-state index contributed by atoms with van der Waals surface area (Å²) in [4.78, 5) is 14.6. The van der Waals surface area contributed by atoms with Gasteiger partial charge in [0, 0.05) is 24.2 Å². The zero-order valence-corrected chi connectivity index (χ0v) is 12.7. The Morgan fingerprint density at radius 1 is 1.30 bits per heavy atom. The maximum Gasteiger partial charge on any atom is 0.254 e. The van der Waals surface area contributed by atoms with Crippen molar-refractivity contribution in [3.05, 3.63) is 29.3 Å². The highest BCUT2D eigenvalue weighted by molar-refractivity contribution is 5.96. The zero-order chi connectivity index (χ0) is 14.7. The third-order valence-electron chi connectivity index (χ3n) is 4.54. The van der Waals surface area contributed by atoms with E-state index in [1.165, 1.54) is 6.42 Å². The third kappa shape index (κ3) is 3.14. The fourth-order valence-corrected chi connectivity index (χ4v) is 3.02. The first-order valence-corrected chi connectivity index (χ1v) is 7.58. The van der Waals surface area contributed by atoms with E-state index in [0.717, 1.165) is 31.8 Å². The van der Waals surface area contributed by atoms with Crippen LogP contribution in [0.1, 0.15) is 49.0 Å². The molecule has 1 fully saturated rings. The average molecular weight is 275 g/mol. The molecule has 1 saturated heterocycles. The van der Waals surface area contributed by atoms with Crippen LogP contribution in [0.3, 0.4) is 0 Å². The molecule has 0 bridgehead atoms. The summed E-state index contributed by atoms with van der Waals surface area (Å²) in [6.07, 6.45) is 3.37. The first-order chi connectivity index (χ1) is 9.50. The molecule has 0 radical (unpaired) electrons. The molecule has 2 rings (SSSR count). The largest absolute Gasteiger partial charge is 0.508 e. The van der Waals surface area contributed by atoms with Gasteiger partial charge in [0.25, 0.3) is 5.91 Å². The Labute approximate surface area is 121 Å². The van der Waals surface area contributed by atoms with E-state index in [-0.39, 0.29) is 11.7 Å². The van der Waals surface area contributed by atoms with Gasteiger partial charge >= 0.3 is 0 Å². The van der Waals surface area contributed by atoms with Crippen molar-refractivity contribution in [2.75, 3.05) is 13.1 Å². The van der Waals surface area contributed by atoms with Gasteiger partial charge in [-0.25, -0.2) is 0 Å². The second-order valence-electron chi connectivity index (χ2n) is 6.18. The maximum atomic E-state index is 12.6. The number of aromatic hydroxyl groups is 1. The van der Waals surface area contributed by atoms with E-state index in [1.54, 1.807) is 19.1 Å². The van der Waals surface area contributed by atoms with Crippen LogP contribution in [-0.2, 0) is 0 Å².